The number of benzene rings is 1. The molecule has 0 amide bonds. The molecule has 9 heteroatoms. The fraction of sp³-hybridized carbons (Fsp3) is 0.412. The zero-order valence-corrected chi connectivity index (χ0v) is 15.1. The smallest absolute Gasteiger partial charge is 0.303 e. The van der Waals surface area contributed by atoms with Crippen molar-refractivity contribution in [2.75, 3.05) is 0 Å². The summed E-state index contributed by atoms with van der Waals surface area (Å²) in [5, 5.41) is 3.84. The number of hydrogen-bond donors (Lipinski definition) is 0. The van der Waals surface area contributed by atoms with E-state index in [4.69, 9.17) is 4.74 Å². The Morgan fingerprint density at radius 3 is 2.58 bits per heavy atom. The molecule has 0 radical (unpaired) electrons. The Morgan fingerprint density at radius 2 is 2.08 bits per heavy atom. The van der Waals surface area contributed by atoms with Crippen LogP contribution in [0.5, 0.6) is 0 Å². The van der Waals surface area contributed by atoms with Crippen molar-refractivity contribution in [1.82, 2.24) is 14.8 Å². The van der Waals surface area contributed by atoms with Crippen LogP contribution < -0.4 is 0 Å². The van der Waals surface area contributed by atoms with Gasteiger partial charge in [0.2, 0.25) is 0 Å². The van der Waals surface area contributed by atoms with E-state index >= 15 is 0 Å². The van der Waals surface area contributed by atoms with Crippen molar-refractivity contribution < 1.29 is 23.1 Å². The van der Waals surface area contributed by atoms with Crippen molar-refractivity contribution >= 4 is 22.8 Å². The number of carbonyl (C=O) groups excluding carboxylic acids is 2. The molecule has 0 unspecified atom stereocenters. The Labute approximate surface area is 152 Å². The lowest BCUT2D eigenvalue weighted by atomic mass is 9.87. The summed E-state index contributed by atoms with van der Waals surface area (Å²) in [5.41, 5.74) is -1.52. The molecule has 1 atom stereocenters. The van der Waals surface area contributed by atoms with Crippen LogP contribution in [0.4, 0.5) is 8.78 Å². The second kappa shape index (κ2) is 6.79. The fourth-order valence-electron chi connectivity index (χ4n) is 3.24. The van der Waals surface area contributed by atoms with Gasteiger partial charge in [0.15, 0.2) is 10.7 Å². The fourth-order valence-corrected chi connectivity index (χ4v) is 4.47. The zero-order chi connectivity index (χ0) is 18.9. The Kier molecular flexibility index (Phi) is 4.83. The predicted octanol–water partition coefficient (Wildman–Crippen LogP) is 2.83. The lowest BCUT2D eigenvalue weighted by molar-refractivity contribution is -0.162. The molecule has 0 spiro atoms. The van der Waals surface area contributed by atoms with Crippen LogP contribution in [0.1, 0.15) is 32.3 Å². The van der Waals surface area contributed by atoms with Gasteiger partial charge >= 0.3 is 5.97 Å². The monoisotopic (exact) mass is 381 g/mol. The number of ether oxygens (including phenoxy) is 1. The molecule has 1 saturated carbocycles. The third-order valence-corrected chi connectivity index (χ3v) is 5.73. The number of carbonyl (C=O) groups is 2. The molecule has 1 heterocycles. The molecule has 0 bridgehead atoms. The van der Waals surface area contributed by atoms with Crippen molar-refractivity contribution in [1.29, 1.82) is 0 Å². The highest BCUT2D eigenvalue weighted by Gasteiger charge is 2.65. The lowest BCUT2D eigenvalue weighted by Crippen LogP contribution is -2.48. The first-order valence-electron chi connectivity index (χ1n) is 7.95. The van der Waals surface area contributed by atoms with Crippen molar-refractivity contribution in [3.05, 3.63) is 48.1 Å². The minimum Gasteiger partial charge on any atom is -0.451 e. The molecule has 0 aliphatic heterocycles. The SMILES string of the molecule is CC(=O)O[C@@](Cn1cncn1)(c1ccc(F)cc1F)C1(SC(C)=O)CC1. The van der Waals surface area contributed by atoms with E-state index in [0.29, 0.717) is 12.8 Å². The third-order valence-electron chi connectivity index (χ3n) is 4.31. The molecule has 3 rings (SSSR count). The molecule has 0 saturated heterocycles. The molecule has 0 N–H and O–H groups in total. The van der Waals surface area contributed by atoms with E-state index < -0.39 is 28.0 Å². The summed E-state index contributed by atoms with van der Waals surface area (Å²) in [5.74, 6) is -2.22. The molecule has 1 aliphatic rings. The second-order valence-electron chi connectivity index (χ2n) is 6.23. The largest absolute Gasteiger partial charge is 0.451 e. The number of thioether (sulfide) groups is 1. The summed E-state index contributed by atoms with van der Waals surface area (Å²) in [7, 11) is 0. The number of nitrogens with zero attached hydrogens (tertiary/aromatic N) is 3. The van der Waals surface area contributed by atoms with Crippen molar-refractivity contribution in [2.24, 2.45) is 0 Å². The first-order valence-corrected chi connectivity index (χ1v) is 8.77. The summed E-state index contributed by atoms with van der Waals surface area (Å²) >= 11 is 1.01. The second-order valence-corrected chi connectivity index (χ2v) is 7.79. The van der Waals surface area contributed by atoms with Crippen molar-refractivity contribution in [3.8, 4) is 0 Å². The van der Waals surface area contributed by atoms with Gasteiger partial charge in [-0.2, -0.15) is 5.10 Å². The van der Waals surface area contributed by atoms with Crippen LogP contribution >= 0.6 is 11.8 Å². The van der Waals surface area contributed by atoms with E-state index in [-0.39, 0.29) is 17.2 Å². The molecular formula is C17H17F2N3O3S. The first-order chi connectivity index (χ1) is 12.3. The molecule has 6 nitrogen and oxygen atoms in total. The molecule has 138 valence electrons. The van der Waals surface area contributed by atoms with Gasteiger partial charge in [-0.1, -0.05) is 11.8 Å². The van der Waals surface area contributed by atoms with E-state index in [1.165, 1.54) is 37.3 Å². The number of aromatic nitrogens is 3. The van der Waals surface area contributed by atoms with Crippen LogP contribution in [-0.2, 0) is 26.5 Å². The van der Waals surface area contributed by atoms with E-state index in [9.17, 15) is 18.4 Å². The molecular weight excluding hydrogens is 364 g/mol. The van der Waals surface area contributed by atoms with Gasteiger partial charge < -0.3 is 4.74 Å². The van der Waals surface area contributed by atoms with Crippen molar-refractivity contribution in [2.45, 2.75) is 43.6 Å². The van der Waals surface area contributed by atoms with Crippen LogP contribution in [0, 0.1) is 11.6 Å². The normalized spacial score (nSPS) is 17.4. The van der Waals surface area contributed by atoms with Gasteiger partial charge in [-0.15, -0.1) is 0 Å². The standard InChI is InChI=1S/C17H17F2N3O3S/c1-11(23)25-17(8-22-10-20-9-21-22,16(5-6-16)26-12(2)24)14-4-3-13(18)7-15(14)19/h3-4,7,9-10H,5-6,8H2,1-2H3/t17-/m0/s1. The van der Waals surface area contributed by atoms with E-state index in [1.54, 1.807) is 0 Å². The third kappa shape index (κ3) is 3.35. The molecule has 1 aromatic heterocycles. The average molecular weight is 381 g/mol. The van der Waals surface area contributed by atoms with E-state index in [1.807, 2.05) is 0 Å². The maximum absolute atomic E-state index is 14.7. The van der Waals surface area contributed by atoms with Gasteiger partial charge in [-0.3, -0.25) is 9.59 Å². The quantitative estimate of drug-likeness (QED) is 0.717. The molecule has 1 aromatic carbocycles. The number of rotatable bonds is 6. The molecule has 26 heavy (non-hydrogen) atoms. The highest BCUT2D eigenvalue weighted by Crippen LogP contribution is 2.62. The van der Waals surface area contributed by atoms with Crippen molar-refractivity contribution in [3.63, 3.8) is 0 Å². The van der Waals surface area contributed by atoms with Gasteiger partial charge in [0.05, 0.1) is 11.3 Å². The van der Waals surface area contributed by atoms with Crippen LogP contribution in [0.2, 0.25) is 0 Å². The zero-order valence-electron chi connectivity index (χ0n) is 14.2. The summed E-state index contributed by atoms with van der Waals surface area (Å²) < 4.78 is 34.5. The summed E-state index contributed by atoms with van der Waals surface area (Å²) in [6.45, 7) is 2.57. The topological polar surface area (TPSA) is 74.1 Å². The van der Waals surface area contributed by atoms with Gasteiger partial charge in [-0.05, 0) is 25.0 Å². The Bertz CT molecular complexity index is 840. The van der Waals surface area contributed by atoms with Gasteiger partial charge in [0.25, 0.3) is 0 Å². The number of halogens is 2. The Morgan fingerprint density at radius 1 is 1.35 bits per heavy atom. The molecule has 1 aliphatic carbocycles. The maximum atomic E-state index is 14.7. The Balaban J connectivity index is 2.20. The lowest BCUT2D eigenvalue weighted by Gasteiger charge is -2.40. The number of hydrogen-bond acceptors (Lipinski definition) is 6. The van der Waals surface area contributed by atoms with E-state index in [0.717, 1.165) is 23.9 Å². The highest BCUT2D eigenvalue weighted by molar-refractivity contribution is 8.15. The predicted molar refractivity (Wildman–Crippen MR) is 90.1 cm³/mol. The number of esters is 1. The highest BCUT2D eigenvalue weighted by atomic mass is 32.2. The summed E-state index contributed by atoms with van der Waals surface area (Å²) in [6.07, 6.45) is 3.79. The summed E-state index contributed by atoms with van der Waals surface area (Å²) in [4.78, 5) is 27.6. The van der Waals surface area contributed by atoms with Crippen LogP contribution in [0.15, 0.2) is 30.9 Å². The van der Waals surface area contributed by atoms with Crippen LogP contribution in [0.25, 0.3) is 0 Å². The summed E-state index contributed by atoms with van der Waals surface area (Å²) in [6, 6.07) is 3.10. The minimum atomic E-state index is -1.53. The molecule has 1 fully saturated rings. The van der Waals surface area contributed by atoms with Gasteiger partial charge in [-0.25, -0.2) is 18.4 Å². The van der Waals surface area contributed by atoms with Crippen LogP contribution in [-0.4, -0.2) is 30.6 Å². The average Bonchev–Trinajstić information content (AvgIpc) is 3.12. The van der Waals surface area contributed by atoms with E-state index in [2.05, 4.69) is 10.1 Å². The molecule has 2 aromatic rings. The van der Waals surface area contributed by atoms with Gasteiger partial charge in [0.1, 0.15) is 24.3 Å². The Hall–Kier alpha value is -2.29. The van der Waals surface area contributed by atoms with Crippen LogP contribution in [0.3, 0.4) is 0 Å². The first kappa shape index (κ1) is 18.5. The maximum Gasteiger partial charge on any atom is 0.303 e. The minimum absolute atomic E-state index is 0.0100. The van der Waals surface area contributed by atoms with Gasteiger partial charge in [0, 0.05) is 25.5 Å².